The van der Waals surface area contributed by atoms with Crippen LogP contribution < -0.4 is 5.73 Å². The van der Waals surface area contributed by atoms with Crippen LogP contribution in [-0.2, 0) is 19.3 Å². The molecule has 0 saturated heterocycles. The summed E-state index contributed by atoms with van der Waals surface area (Å²) in [4.78, 5) is 0. The summed E-state index contributed by atoms with van der Waals surface area (Å²) in [5.41, 5.74) is 6.71. The highest BCUT2D eigenvalue weighted by Crippen LogP contribution is 2.33. The van der Waals surface area contributed by atoms with Crippen molar-refractivity contribution in [1.82, 2.24) is 19.9 Å². The Hall–Kier alpha value is -1.34. The fourth-order valence-corrected chi connectivity index (χ4v) is 3.58. The number of rotatable bonds is 5. The number of nitrogens with zero attached hydrogens (tertiary/aromatic N) is 4. The SMILES string of the molecule is Cn1c(CN)nnc1SCc1cc(C2CCCCC2)no1. The van der Waals surface area contributed by atoms with Crippen molar-refractivity contribution in [2.24, 2.45) is 12.8 Å². The highest BCUT2D eigenvalue weighted by atomic mass is 32.2. The summed E-state index contributed by atoms with van der Waals surface area (Å²) >= 11 is 1.60. The van der Waals surface area contributed by atoms with Crippen molar-refractivity contribution in [1.29, 1.82) is 0 Å². The van der Waals surface area contributed by atoms with E-state index in [-0.39, 0.29) is 0 Å². The maximum Gasteiger partial charge on any atom is 0.191 e. The first kappa shape index (κ1) is 14.6. The number of thioether (sulfide) groups is 1. The van der Waals surface area contributed by atoms with Crippen LogP contribution in [0.5, 0.6) is 0 Å². The molecule has 1 fully saturated rings. The molecule has 0 aliphatic heterocycles. The predicted molar refractivity (Wildman–Crippen MR) is 80.8 cm³/mol. The zero-order valence-corrected chi connectivity index (χ0v) is 13.1. The van der Waals surface area contributed by atoms with Crippen LogP contribution in [-0.4, -0.2) is 19.9 Å². The molecule has 1 aliphatic carbocycles. The van der Waals surface area contributed by atoms with Gasteiger partial charge in [-0.05, 0) is 12.8 Å². The van der Waals surface area contributed by atoms with Gasteiger partial charge in [-0.25, -0.2) is 0 Å². The first-order chi connectivity index (χ1) is 10.3. The number of nitrogens with two attached hydrogens (primary N) is 1. The highest BCUT2D eigenvalue weighted by Gasteiger charge is 2.19. The lowest BCUT2D eigenvalue weighted by Crippen LogP contribution is -2.05. The first-order valence-electron chi connectivity index (χ1n) is 7.44. The van der Waals surface area contributed by atoms with Gasteiger partial charge in [0.25, 0.3) is 0 Å². The molecule has 0 bridgehead atoms. The summed E-state index contributed by atoms with van der Waals surface area (Å²) in [6.45, 7) is 0.401. The Morgan fingerprint density at radius 2 is 2.14 bits per heavy atom. The van der Waals surface area contributed by atoms with Crippen LogP contribution in [0.4, 0.5) is 0 Å². The minimum Gasteiger partial charge on any atom is -0.360 e. The topological polar surface area (TPSA) is 82.8 Å². The van der Waals surface area contributed by atoms with Gasteiger partial charge < -0.3 is 14.8 Å². The third kappa shape index (κ3) is 3.29. The van der Waals surface area contributed by atoms with Gasteiger partial charge in [0.05, 0.1) is 18.0 Å². The van der Waals surface area contributed by atoms with Gasteiger partial charge in [-0.2, -0.15) is 0 Å². The molecule has 0 amide bonds. The molecule has 21 heavy (non-hydrogen) atoms. The van der Waals surface area contributed by atoms with Gasteiger partial charge in [-0.1, -0.05) is 36.2 Å². The van der Waals surface area contributed by atoms with E-state index >= 15 is 0 Å². The largest absolute Gasteiger partial charge is 0.360 e. The summed E-state index contributed by atoms with van der Waals surface area (Å²) in [7, 11) is 1.93. The molecule has 7 heteroatoms. The lowest BCUT2D eigenvalue weighted by atomic mass is 9.87. The standard InChI is InChI=1S/C14H21N5OS/c1-19-13(8-15)16-17-14(19)21-9-11-7-12(18-20-11)10-5-3-2-4-6-10/h7,10H,2-6,8-9,15H2,1H3. The van der Waals surface area contributed by atoms with Crippen LogP contribution in [0.15, 0.2) is 15.7 Å². The molecule has 1 saturated carbocycles. The summed E-state index contributed by atoms with van der Waals surface area (Å²) < 4.78 is 7.38. The predicted octanol–water partition coefficient (Wildman–Crippen LogP) is 2.60. The van der Waals surface area contributed by atoms with Crippen molar-refractivity contribution in [2.45, 2.75) is 55.5 Å². The van der Waals surface area contributed by atoms with Crippen LogP contribution >= 0.6 is 11.8 Å². The van der Waals surface area contributed by atoms with Crippen LogP contribution in [0.25, 0.3) is 0 Å². The minimum atomic E-state index is 0.401. The fourth-order valence-electron chi connectivity index (χ4n) is 2.77. The van der Waals surface area contributed by atoms with Gasteiger partial charge in [-0.15, -0.1) is 10.2 Å². The molecule has 0 aromatic carbocycles. The fraction of sp³-hybridized carbons (Fsp3) is 0.643. The van der Waals surface area contributed by atoms with Gasteiger partial charge in [0.15, 0.2) is 5.16 Å². The van der Waals surface area contributed by atoms with E-state index in [1.54, 1.807) is 11.8 Å². The molecule has 2 aromatic heterocycles. The number of hydrogen-bond acceptors (Lipinski definition) is 6. The van der Waals surface area contributed by atoms with Crippen molar-refractivity contribution in [2.75, 3.05) is 0 Å². The zero-order valence-electron chi connectivity index (χ0n) is 12.3. The van der Waals surface area contributed by atoms with E-state index in [0.29, 0.717) is 12.5 Å². The molecule has 2 N–H and O–H groups in total. The lowest BCUT2D eigenvalue weighted by Gasteiger charge is -2.18. The molecule has 0 unspecified atom stereocenters. The van der Waals surface area contributed by atoms with Crippen LogP contribution in [0.3, 0.4) is 0 Å². The molecule has 6 nitrogen and oxygen atoms in total. The maximum atomic E-state index is 5.60. The average molecular weight is 307 g/mol. The van der Waals surface area contributed by atoms with E-state index in [2.05, 4.69) is 21.4 Å². The third-order valence-electron chi connectivity index (χ3n) is 4.05. The van der Waals surface area contributed by atoms with E-state index in [9.17, 15) is 0 Å². The first-order valence-corrected chi connectivity index (χ1v) is 8.43. The second-order valence-electron chi connectivity index (χ2n) is 5.50. The summed E-state index contributed by atoms with van der Waals surface area (Å²) in [6, 6.07) is 2.10. The van der Waals surface area contributed by atoms with E-state index < -0.39 is 0 Å². The van der Waals surface area contributed by atoms with E-state index in [0.717, 1.165) is 28.2 Å². The minimum absolute atomic E-state index is 0.401. The van der Waals surface area contributed by atoms with Gasteiger partial charge in [0.2, 0.25) is 0 Å². The van der Waals surface area contributed by atoms with Crippen LogP contribution in [0.2, 0.25) is 0 Å². The molecular weight excluding hydrogens is 286 g/mol. The van der Waals surface area contributed by atoms with Crippen LogP contribution in [0, 0.1) is 0 Å². The number of hydrogen-bond donors (Lipinski definition) is 1. The Labute approximate surface area is 128 Å². The van der Waals surface area contributed by atoms with Crippen LogP contribution in [0.1, 0.15) is 55.3 Å². The van der Waals surface area contributed by atoms with Gasteiger partial charge in [-0.3, -0.25) is 0 Å². The maximum absolute atomic E-state index is 5.60. The van der Waals surface area contributed by atoms with Crippen molar-refractivity contribution in [3.63, 3.8) is 0 Å². The van der Waals surface area contributed by atoms with Crippen molar-refractivity contribution in [3.8, 4) is 0 Å². The Kier molecular flexibility index (Phi) is 4.60. The quantitative estimate of drug-likeness (QED) is 0.855. The molecular formula is C14H21N5OS. The van der Waals surface area contributed by atoms with Crippen molar-refractivity contribution in [3.05, 3.63) is 23.3 Å². The normalized spacial score (nSPS) is 16.5. The van der Waals surface area contributed by atoms with Gasteiger partial charge in [0.1, 0.15) is 11.6 Å². The third-order valence-corrected chi connectivity index (χ3v) is 5.09. The average Bonchev–Trinajstić information content (AvgIpc) is 3.13. The molecule has 0 radical (unpaired) electrons. The molecule has 2 aromatic rings. The monoisotopic (exact) mass is 307 g/mol. The summed E-state index contributed by atoms with van der Waals surface area (Å²) in [6.07, 6.45) is 6.45. The molecule has 0 atom stereocenters. The Morgan fingerprint density at radius 3 is 2.86 bits per heavy atom. The highest BCUT2D eigenvalue weighted by molar-refractivity contribution is 7.98. The van der Waals surface area contributed by atoms with E-state index in [1.807, 2.05) is 11.6 Å². The Bertz CT molecular complexity index is 588. The van der Waals surface area contributed by atoms with E-state index in [1.165, 1.54) is 32.1 Å². The second kappa shape index (κ2) is 6.62. The van der Waals surface area contributed by atoms with Crippen molar-refractivity contribution >= 4 is 11.8 Å². The Morgan fingerprint density at radius 1 is 1.33 bits per heavy atom. The smallest absolute Gasteiger partial charge is 0.191 e. The summed E-state index contributed by atoms with van der Waals surface area (Å²) in [5.74, 6) is 2.99. The van der Waals surface area contributed by atoms with E-state index in [4.69, 9.17) is 10.3 Å². The lowest BCUT2D eigenvalue weighted by molar-refractivity contribution is 0.365. The second-order valence-corrected chi connectivity index (χ2v) is 6.45. The Balaban J connectivity index is 1.60. The van der Waals surface area contributed by atoms with Gasteiger partial charge in [0, 0.05) is 19.0 Å². The van der Waals surface area contributed by atoms with Crippen molar-refractivity contribution < 1.29 is 4.52 Å². The molecule has 114 valence electrons. The molecule has 2 heterocycles. The molecule has 1 aliphatic rings. The number of aromatic nitrogens is 4. The zero-order chi connectivity index (χ0) is 14.7. The molecule has 0 spiro atoms. The molecule has 3 rings (SSSR count). The van der Waals surface area contributed by atoms with Gasteiger partial charge >= 0.3 is 0 Å². The summed E-state index contributed by atoms with van der Waals surface area (Å²) in [5, 5.41) is 13.3.